The molecule has 32 heavy (non-hydrogen) atoms. The molecule has 0 spiro atoms. The van der Waals surface area contributed by atoms with E-state index >= 15 is 0 Å². The van der Waals surface area contributed by atoms with Crippen LogP contribution in [0.5, 0.6) is 0 Å². The summed E-state index contributed by atoms with van der Waals surface area (Å²) in [6, 6.07) is 6.86. The van der Waals surface area contributed by atoms with Crippen molar-refractivity contribution in [2.45, 2.75) is 13.1 Å². The summed E-state index contributed by atoms with van der Waals surface area (Å²) in [5.41, 5.74) is 0.834. The average molecular weight is 462 g/mol. The highest BCUT2D eigenvalue weighted by atomic mass is 32.1. The van der Waals surface area contributed by atoms with Gasteiger partial charge in [0.25, 0.3) is 5.91 Å². The van der Waals surface area contributed by atoms with Crippen LogP contribution in [0.4, 0.5) is 24.0 Å². The second kappa shape index (κ2) is 7.67. The molecule has 0 bridgehead atoms. The highest BCUT2D eigenvalue weighted by Crippen LogP contribution is 2.32. The highest BCUT2D eigenvalue weighted by Gasteiger charge is 2.30. The molecular weight excluding hydrogens is 449 g/mol. The molecule has 3 aromatic heterocycles. The number of nitrogens with zero attached hydrogens (tertiary/aromatic N) is 5. The fourth-order valence-electron chi connectivity index (χ4n) is 3.08. The van der Waals surface area contributed by atoms with Crippen molar-refractivity contribution in [3.63, 3.8) is 0 Å². The van der Waals surface area contributed by atoms with Crippen LogP contribution in [0.15, 0.2) is 36.4 Å². The number of carbonyl (C=O) groups is 1. The molecule has 13 heteroatoms. The third-order valence-electron chi connectivity index (χ3n) is 4.55. The molecule has 0 aliphatic carbocycles. The van der Waals surface area contributed by atoms with E-state index in [-0.39, 0.29) is 21.5 Å². The lowest BCUT2D eigenvalue weighted by Gasteiger charge is -2.10. The second-order valence-corrected chi connectivity index (χ2v) is 7.79. The maximum atomic E-state index is 12.9. The van der Waals surface area contributed by atoms with Crippen molar-refractivity contribution in [3.8, 4) is 11.4 Å². The maximum Gasteiger partial charge on any atom is 0.416 e. The molecule has 164 valence electrons. The summed E-state index contributed by atoms with van der Waals surface area (Å²) in [4.78, 5) is 31.8. The molecule has 0 unspecified atom stereocenters. The summed E-state index contributed by atoms with van der Waals surface area (Å²) >= 11 is 0.704. The van der Waals surface area contributed by atoms with Crippen molar-refractivity contribution in [2.75, 3.05) is 5.32 Å². The first-order valence-corrected chi connectivity index (χ1v) is 9.81. The zero-order chi connectivity index (χ0) is 23.2. The van der Waals surface area contributed by atoms with Gasteiger partial charge in [-0.3, -0.25) is 19.6 Å². The molecule has 0 saturated carbocycles. The van der Waals surface area contributed by atoms with Gasteiger partial charge in [0, 0.05) is 18.7 Å². The van der Waals surface area contributed by atoms with E-state index in [2.05, 4.69) is 20.4 Å². The molecule has 0 fully saturated rings. The van der Waals surface area contributed by atoms with Crippen molar-refractivity contribution < 1.29 is 22.9 Å². The van der Waals surface area contributed by atoms with Gasteiger partial charge in [-0.05, 0) is 25.1 Å². The molecule has 4 aromatic rings. The number of benzene rings is 1. The largest absolute Gasteiger partial charge is 0.416 e. The number of carbonyl (C=O) groups excluding carboxylic acids is 1. The van der Waals surface area contributed by atoms with E-state index < -0.39 is 22.6 Å². The average Bonchev–Trinajstić information content (AvgIpc) is 3.33. The van der Waals surface area contributed by atoms with Gasteiger partial charge >= 0.3 is 11.2 Å². The molecule has 1 aromatic carbocycles. The van der Waals surface area contributed by atoms with Gasteiger partial charge in [0.1, 0.15) is 11.0 Å². The summed E-state index contributed by atoms with van der Waals surface area (Å²) in [5, 5.41) is 17.6. The van der Waals surface area contributed by atoms with Crippen LogP contribution in [0.3, 0.4) is 0 Å². The Bertz CT molecular complexity index is 1360. The van der Waals surface area contributed by atoms with Crippen molar-refractivity contribution >= 4 is 39.1 Å². The number of aryl methyl sites for hydroxylation is 2. The summed E-state index contributed by atoms with van der Waals surface area (Å²) in [6.07, 6.45) is -4.48. The molecule has 1 amide bonds. The number of hydrogen-bond acceptors (Lipinski definition) is 7. The van der Waals surface area contributed by atoms with E-state index in [1.54, 1.807) is 14.0 Å². The third-order valence-corrected chi connectivity index (χ3v) is 5.58. The minimum Gasteiger partial charge on any atom is -0.304 e. The van der Waals surface area contributed by atoms with E-state index in [9.17, 15) is 28.1 Å². The van der Waals surface area contributed by atoms with Crippen molar-refractivity contribution in [2.24, 2.45) is 7.05 Å². The van der Waals surface area contributed by atoms with Gasteiger partial charge in [-0.25, -0.2) is 9.97 Å². The van der Waals surface area contributed by atoms with Gasteiger partial charge in [0.15, 0.2) is 11.6 Å². The van der Waals surface area contributed by atoms with Crippen LogP contribution in [-0.2, 0) is 13.2 Å². The summed E-state index contributed by atoms with van der Waals surface area (Å²) in [5.74, 6) is -0.454. The van der Waals surface area contributed by atoms with Gasteiger partial charge in [-0.1, -0.05) is 23.5 Å². The molecule has 9 nitrogen and oxygen atoms in total. The van der Waals surface area contributed by atoms with Crippen LogP contribution in [-0.4, -0.2) is 30.6 Å². The number of thiophene rings is 1. The molecule has 0 aliphatic rings. The predicted molar refractivity (Wildman–Crippen MR) is 110 cm³/mol. The lowest BCUT2D eigenvalue weighted by Crippen LogP contribution is -2.13. The zero-order valence-corrected chi connectivity index (χ0v) is 17.3. The Balaban J connectivity index is 1.77. The maximum absolute atomic E-state index is 12.9. The Morgan fingerprint density at radius 1 is 1.16 bits per heavy atom. The number of amides is 1. The lowest BCUT2D eigenvalue weighted by atomic mass is 10.1. The molecule has 0 aliphatic heterocycles. The number of rotatable bonds is 4. The van der Waals surface area contributed by atoms with Crippen LogP contribution in [0.2, 0.25) is 0 Å². The Labute approximate surface area is 181 Å². The summed E-state index contributed by atoms with van der Waals surface area (Å²) < 4.78 is 40.1. The molecule has 0 saturated heterocycles. The SMILES string of the molecule is Cc1nn(C)c2c(NC(=O)c3ccc([N+](=O)[O-])s3)nc(-c3ccc(C(F)(F)F)cc3)nc12. The molecule has 3 heterocycles. The Morgan fingerprint density at radius 3 is 2.44 bits per heavy atom. The molecule has 4 rings (SSSR count). The number of halogens is 3. The summed E-state index contributed by atoms with van der Waals surface area (Å²) in [7, 11) is 1.63. The number of alkyl halides is 3. The van der Waals surface area contributed by atoms with E-state index in [1.807, 2.05) is 0 Å². The monoisotopic (exact) mass is 462 g/mol. The highest BCUT2D eigenvalue weighted by molar-refractivity contribution is 7.17. The number of aromatic nitrogens is 4. The van der Waals surface area contributed by atoms with Gasteiger partial charge in [-0.15, -0.1) is 0 Å². The first-order valence-electron chi connectivity index (χ1n) is 8.99. The standard InChI is InChI=1S/C19H13F3N6O3S/c1-9-14-15(27(2)26-9)17(25-18(29)12-7-8-13(32-12)28(30)31)24-16(23-14)10-3-5-11(6-4-10)19(20,21)22/h3-8H,1-2H3,(H,23,24,25,29). The molecule has 0 atom stereocenters. The topological polar surface area (TPSA) is 116 Å². The number of nitrogens with one attached hydrogen (secondary N) is 1. The summed E-state index contributed by atoms with van der Waals surface area (Å²) in [6.45, 7) is 1.69. The molecular formula is C19H13F3N6O3S. The third kappa shape index (κ3) is 3.89. The Morgan fingerprint density at radius 2 is 1.84 bits per heavy atom. The fourth-order valence-corrected chi connectivity index (χ4v) is 3.79. The second-order valence-electron chi connectivity index (χ2n) is 6.73. The van der Waals surface area contributed by atoms with E-state index in [1.165, 1.54) is 28.9 Å². The van der Waals surface area contributed by atoms with E-state index in [0.717, 1.165) is 12.1 Å². The molecule has 0 radical (unpaired) electrons. The van der Waals surface area contributed by atoms with Gasteiger partial charge in [0.05, 0.1) is 21.1 Å². The van der Waals surface area contributed by atoms with Crippen LogP contribution >= 0.6 is 11.3 Å². The van der Waals surface area contributed by atoms with Gasteiger partial charge < -0.3 is 5.32 Å². The lowest BCUT2D eigenvalue weighted by molar-refractivity contribution is -0.380. The van der Waals surface area contributed by atoms with Crippen LogP contribution in [0.25, 0.3) is 22.4 Å². The smallest absolute Gasteiger partial charge is 0.304 e. The van der Waals surface area contributed by atoms with E-state index in [4.69, 9.17) is 0 Å². The minimum absolute atomic E-state index is 0.0778. The normalized spacial score (nSPS) is 11.7. The first kappa shape index (κ1) is 21.4. The first-order chi connectivity index (χ1) is 15.0. The van der Waals surface area contributed by atoms with E-state index in [0.29, 0.717) is 33.6 Å². The Kier molecular flexibility index (Phi) is 5.12. The van der Waals surface area contributed by atoms with Crippen molar-refractivity contribution in [3.05, 3.63) is 62.6 Å². The minimum atomic E-state index is -4.48. The zero-order valence-electron chi connectivity index (χ0n) is 16.5. The quantitative estimate of drug-likeness (QED) is 0.351. The van der Waals surface area contributed by atoms with Gasteiger partial charge in [0.2, 0.25) is 0 Å². The van der Waals surface area contributed by atoms with Crippen LogP contribution < -0.4 is 5.32 Å². The van der Waals surface area contributed by atoms with Crippen molar-refractivity contribution in [1.82, 2.24) is 19.7 Å². The number of hydrogen-bond donors (Lipinski definition) is 1. The van der Waals surface area contributed by atoms with Gasteiger partial charge in [-0.2, -0.15) is 18.3 Å². The predicted octanol–water partition coefficient (Wildman–Crippen LogP) is 4.58. The Hall–Kier alpha value is -3.87. The fraction of sp³-hybridized carbons (Fsp3) is 0.158. The number of fused-ring (bicyclic) bond motifs is 1. The molecule has 1 N–H and O–H groups in total. The van der Waals surface area contributed by atoms with Crippen molar-refractivity contribution in [1.29, 1.82) is 0 Å². The number of anilines is 1. The number of nitro groups is 1. The van der Waals surface area contributed by atoms with Crippen LogP contribution in [0.1, 0.15) is 20.9 Å². The van der Waals surface area contributed by atoms with Crippen LogP contribution in [0, 0.1) is 17.0 Å².